The second kappa shape index (κ2) is 6.99. The van der Waals surface area contributed by atoms with Crippen LogP contribution in [0.15, 0.2) is 64.4 Å². The summed E-state index contributed by atoms with van der Waals surface area (Å²) in [5.74, 6) is -0.446. The molecular weight excluding hydrogens is 415 g/mol. The first kappa shape index (κ1) is 19.9. The summed E-state index contributed by atoms with van der Waals surface area (Å²) in [6.07, 6.45) is 1.52. The Morgan fingerprint density at radius 3 is 2.68 bits per heavy atom. The zero-order valence-corrected chi connectivity index (χ0v) is 17.9. The number of pyridine rings is 1. The van der Waals surface area contributed by atoms with Crippen LogP contribution in [-0.4, -0.2) is 22.1 Å². The highest BCUT2D eigenvalue weighted by atomic mass is 32.2. The fraction of sp³-hybridized carbons (Fsp3) is 0.250. The number of rotatable bonds is 1. The molecule has 1 unspecified atom stereocenters. The van der Waals surface area contributed by atoms with E-state index in [1.54, 1.807) is 42.4 Å². The van der Waals surface area contributed by atoms with Crippen molar-refractivity contribution in [3.63, 3.8) is 0 Å². The Hall–Kier alpha value is -3.06. The van der Waals surface area contributed by atoms with Crippen molar-refractivity contribution in [1.82, 2.24) is 4.68 Å². The number of aromatic hydroxyl groups is 1. The Balaban J connectivity index is 1.82. The van der Waals surface area contributed by atoms with Crippen LogP contribution in [0.2, 0.25) is 0 Å². The lowest BCUT2D eigenvalue weighted by atomic mass is 9.82. The van der Waals surface area contributed by atoms with Gasteiger partial charge in [0.25, 0.3) is 0 Å². The van der Waals surface area contributed by atoms with Crippen molar-refractivity contribution in [3.05, 3.63) is 93.2 Å². The van der Waals surface area contributed by atoms with E-state index in [0.29, 0.717) is 6.54 Å². The van der Waals surface area contributed by atoms with Gasteiger partial charge in [0.2, 0.25) is 5.43 Å². The van der Waals surface area contributed by atoms with E-state index in [-0.39, 0.29) is 17.3 Å². The van der Waals surface area contributed by atoms with Gasteiger partial charge in [-0.2, -0.15) is 0 Å². The number of halogens is 1. The monoisotopic (exact) mass is 436 g/mol. The van der Waals surface area contributed by atoms with Crippen molar-refractivity contribution in [1.29, 1.82) is 0 Å². The normalized spacial score (nSPS) is 19.3. The second-order valence-electron chi connectivity index (χ2n) is 8.60. The van der Waals surface area contributed by atoms with E-state index in [0.717, 1.165) is 27.3 Å². The first-order chi connectivity index (χ1) is 14.8. The van der Waals surface area contributed by atoms with Gasteiger partial charge in [0.05, 0.1) is 6.04 Å². The van der Waals surface area contributed by atoms with Crippen molar-refractivity contribution in [3.8, 4) is 5.75 Å². The van der Waals surface area contributed by atoms with E-state index in [4.69, 9.17) is 0 Å². The molecule has 5 rings (SSSR count). The van der Waals surface area contributed by atoms with E-state index in [9.17, 15) is 19.1 Å². The number of fused-ring (bicyclic) bond motifs is 3. The standard InChI is InChI=1S/C24H21FN2O3S/c1-24(2)13-27(26-10-9-18(28)22(29)21(26)23(24)30)20-16-6-4-3-5-14(16)12-31-19-8-7-15(25)11-17(19)20/h3-11,20,29H,12-13H2,1-2H3. The Bertz CT molecular complexity index is 1280. The lowest BCUT2D eigenvalue weighted by Gasteiger charge is -2.45. The van der Waals surface area contributed by atoms with Gasteiger partial charge >= 0.3 is 0 Å². The molecule has 0 spiro atoms. The highest BCUT2D eigenvalue weighted by Crippen LogP contribution is 2.44. The lowest BCUT2D eigenvalue weighted by molar-refractivity contribution is 0.0786. The number of hydrogen-bond acceptors (Lipinski definition) is 5. The number of hydrogen-bond donors (Lipinski definition) is 1. The van der Waals surface area contributed by atoms with Crippen molar-refractivity contribution in [2.75, 3.05) is 11.6 Å². The number of carbonyl (C=O) groups is 1. The van der Waals surface area contributed by atoms with Gasteiger partial charge < -0.3 is 5.11 Å². The van der Waals surface area contributed by atoms with Gasteiger partial charge in [0.15, 0.2) is 17.2 Å². The maximum absolute atomic E-state index is 14.4. The van der Waals surface area contributed by atoms with Crippen LogP contribution in [0.4, 0.5) is 4.39 Å². The van der Waals surface area contributed by atoms with Crippen molar-refractivity contribution in [2.24, 2.45) is 5.41 Å². The average molecular weight is 437 g/mol. The van der Waals surface area contributed by atoms with Crippen LogP contribution >= 0.6 is 11.8 Å². The third-order valence-electron chi connectivity index (χ3n) is 6.02. The van der Waals surface area contributed by atoms with Gasteiger partial charge in [-0.25, -0.2) is 4.39 Å². The third kappa shape index (κ3) is 3.07. The van der Waals surface area contributed by atoms with E-state index in [1.165, 1.54) is 18.3 Å². The van der Waals surface area contributed by atoms with Crippen LogP contribution in [0, 0.1) is 11.2 Å². The summed E-state index contributed by atoms with van der Waals surface area (Å²) >= 11 is 1.65. The van der Waals surface area contributed by atoms with Crippen LogP contribution in [0.3, 0.4) is 0 Å². The minimum absolute atomic E-state index is 0.0314. The predicted molar refractivity (Wildman–Crippen MR) is 118 cm³/mol. The first-order valence-electron chi connectivity index (χ1n) is 10.0. The van der Waals surface area contributed by atoms with Gasteiger partial charge in [-0.3, -0.25) is 19.3 Å². The van der Waals surface area contributed by atoms with Crippen molar-refractivity contribution in [2.45, 2.75) is 30.5 Å². The first-order valence-corrected chi connectivity index (χ1v) is 11.0. The molecule has 5 nitrogen and oxygen atoms in total. The molecule has 0 radical (unpaired) electrons. The third-order valence-corrected chi connectivity index (χ3v) is 7.15. The predicted octanol–water partition coefficient (Wildman–Crippen LogP) is 4.25. The number of thioether (sulfide) groups is 1. The molecule has 0 bridgehead atoms. The highest BCUT2D eigenvalue weighted by Gasteiger charge is 2.44. The topological polar surface area (TPSA) is 62.5 Å². The van der Waals surface area contributed by atoms with Crippen LogP contribution in [-0.2, 0) is 5.75 Å². The molecule has 0 saturated carbocycles. The van der Waals surface area contributed by atoms with Crippen LogP contribution in [0.1, 0.15) is 47.1 Å². The van der Waals surface area contributed by atoms with Crippen molar-refractivity contribution >= 4 is 17.5 Å². The number of aromatic nitrogens is 1. The van der Waals surface area contributed by atoms with Gasteiger partial charge in [-0.15, -0.1) is 11.8 Å². The maximum Gasteiger partial charge on any atom is 0.224 e. The summed E-state index contributed by atoms with van der Waals surface area (Å²) in [5, 5.41) is 12.5. The summed E-state index contributed by atoms with van der Waals surface area (Å²) in [6.45, 7) is 3.93. The fourth-order valence-corrected chi connectivity index (χ4v) is 5.55. The van der Waals surface area contributed by atoms with Gasteiger partial charge in [0, 0.05) is 34.9 Å². The van der Waals surface area contributed by atoms with Crippen LogP contribution in [0.5, 0.6) is 5.75 Å². The number of benzene rings is 2. The number of ketones is 1. The molecule has 1 aromatic heterocycles. The molecule has 2 aliphatic heterocycles. The Morgan fingerprint density at radius 1 is 1.10 bits per heavy atom. The SMILES string of the molecule is CC1(C)CN(C2c3ccccc3CSc3ccc(F)cc32)n2ccc(=O)c(O)c2C1=O. The number of carbonyl (C=O) groups excluding carboxylic acids is 1. The van der Waals surface area contributed by atoms with E-state index >= 15 is 0 Å². The maximum atomic E-state index is 14.4. The number of nitrogens with zero attached hydrogens (tertiary/aromatic N) is 2. The largest absolute Gasteiger partial charge is 0.503 e. The molecule has 158 valence electrons. The van der Waals surface area contributed by atoms with Crippen LogP contribution in [0.25, 0.3) is 0 Å². The molecule has 1 N–H and O–H groups in total. The molecule has 2 aliphatic rings. The summed E-state index contributed by atoms with van der Waals surface area (Å²) in [6, 6.07) is 13.6. The Morgan fingerprint density at radius 2 is 1.87 bits per heavy atom. The van der Waals surface area contributed by atoms with E-state index in [2.05, 4.69) is 6.07 Å². The Labute approximate surface area is 183 Å². The van der Waals surface area contributed by atoms with Gasteiger partial charge in [-0.05, 0) is 34.9 Å². The number of Topliss-reactive ketones (excluding diaryl/α,β-unsaturated/α-hetero) is 1. The molecular formula is C24H21FN2O3S. The van der Waals surface area contributed by atoms with Crippen LogP contribution < -0.4 is 10.4 Å². The zero-order valence-electron chi connectivity index (χ0n) is 17.1. The molecule has 2 aromatic carbocycles. The Kier molecular flexibility index (Phi) is 4.48. The summed E-state index contributed by atoms with van der Waals surface area (Å²) in [5.41, 5.74) is 1.44. The molecule has 0 aliphatic carbocycles. The molecule has 31 heavy (non-hydrogen) atoms. The molecule has 0 fully saturated rings. The van der Waals surface area contributed by atoms with Gasteiger partial charge in [-0.1, -0.05) is 38.1 Å². The van der Waals surface area contributed by atoms with E-state index in [1.807, 2.05) is 23.2 Å². The van der Waals surface area contributed by atoms with Crippen molar-refractivity contribution < 1.29 is 14.3 Å². The molecule has 0 saturated heterocycles. The molecule has 3 heterocycles. The summed E-state index contributed by atoms with van der Waals surface area (Å²) < 4.78 is 16.0. The fourth-order valence-electron chi connectivity index (χ4n) is 4.47. The average Bonchev–Trinajstić information content (AvgIpc) is 2.89. The minimum Gasteiger partial charge on any atom is -0.503 e. The molecule has 1 atom stereocenters. The molecule has 0 amide bonds. The smallest absolute Gasteiger partial charge is 0.224 e. The summed E-state index contributed by atoms with van der Waals surface area (Å²) in [7, 11) is 0. The zero-order chi connectivity index (χ0) is 21.9. The molecule has 7 heteroatoms. The molecule has 3 aromatic rings. The minimum atomic E-state index is -0.854. The second-order valence-corrected chi connectivity index (χ2v) is 9.62. The van der Waals surface area contributed by atoms with E-state index < -0.39 is 22.6 Å². The lowest BCUT2D eigenvalue weighted by Crippen LogP contribution is -2.54. The summed E-state index contributed by atoms with van der Waals surface area (Å²) in [4.78, 5) is 26.2. The highest BCUT2D eigenvalue weighted by molar-refractivity contribution is 7.98. The van der Waals surface area contributed by atoms with Gasteiger partial charge in [0.1, 0.15) is 5.82 Å². The quantitative estimate of drug-likeness (QED) is 0.618.